The monoisotopic (exact) mass is 430 g/mol. The fourth-order valence-electron chi connectivity index (χ4n) is 1.69. The van der Waals surface area contributed by atoms with Crippen LogP contribution in [0.3, 0.4) is 0 Å². The van der Waals surface area contributed by atoms with Crippen LogP contribution in [0.1, 0.15) is 12.8 Å². The fraction of sp³-hybridized carbons (Fsp3) is 0.632. The summed E-state index contributed by atoms with van der Waals surface area (Å²) in [4.78, 5) is 32.1. The molecule has 11 heteroatoms. The molecule has 0 aromatic carbocycles. The molecule has 0 aromatic rings. The molecular formula is C19H30N2O9. The lowest BCUT2D eigenvalue weighted by Gasteiger charge is -2.06. The van der Waals surface area contributed by atoms with Gasteiger partial charge in [0.1, 0.15) is 0 Å². The van der Waals surface area contributed by atoms with Crippen molar-refractivity contribution in [2.24, 2.45) is 0 Å². The molecule has 0 aliphatic rings. The van der Waals surface area contributed by atoms with Crippen molar-refractivity contribution in [1.82, 2.24) is 10.6 Å². The zero-order chi connectivity index (χ0) is 22.5. The molecule has 0 unspecified atom stereocenters. The third kappa shape index (κ3) is 21.6. The summed E-state index contributed by atoms with van der Waals surface area (Å²) in [5, 5.41) is 22.3. The quantitative estimate of drug-likeness (QED) is 0.152. The van der Waals surface area contributed by atoms with Crippen LogP contribution < -0.4 is 10.6 Å². The first-order chi connectivity index (χ1) is 14.4. The number of carbonyl (C=O) groups excluding carboxylic acids is 1. The Bertz CT molecular complexity index is 536. The maximum atomic E-state index is 11.6. The summed E-state index contributed by atoms with van der Waals surface area (Å²) in [7, 11) is 0. The SMILES string of the molecule is C=C(C#CC(=O)NCCOCCOCCC(=O)O)NCCOCCOCCC(=O)O. The van der Waals surface area contributed by atoms with Crippen LogP contribution in [0.25, 0.3) is 0 Å². The Balaban J connectivity index is 3.51. The maximum absolute atomic E-state index is 11.6. The van der Waals surface area contributed by atoms with Crippen LogP contribution in [-0.4, -0.2) is 94.0 Å². The first kappa shape index (κ1) is 27.4. The number of rotatable bonds is 19. The van der Waals surface area contributed by atoms with E-state index in [1.54, 1.807) is 0 Å². The van der Waals surface area contributed by atoms with E-state index in [-0.39, 0.29) is 45.8 Å². The molecular weight excluding hydrogens is 400 g/mol. The molecule has 0 radical (unpaired) electrons. The summed E-state index contributed by atoms with van der Waals surface area (Å²) in [6.07, 6.45) is -0.0845. The third-order valence-corrected chi connectivity index (χ3v) is 3.11. The molecule has 0 atom stereocenters. The minimum absolute atomic E-state index is 0.0359. The van der Waals surface area contributed by atoms with Crippen LogP contribution in [-0.2, 0) is 33.3 Å². The van der Waals surface area contributed by atoms with Crippen molar-refractivity contribution in [3.05, 3.63) is 12.3 Å². The number of ether oxygens (including phenoxy) is 4. The van der Waals surface area contributed by atoms with Crippen molar-refractivity contribution in [2.75, 3.05) is 65.9 Å². The molecule has 0 aromatic heterocycles. The summed E-state index contributed by atoms with van der Waals surface area (Å²) in [6.45, 7) is 6.62. The molecule has 4 N–H and O–H groups in total. The lowest BCUT2D eigenvalue weighted by atomic mass is 10.4. The largest absolute Gasteiger partial charge is 0.481 e. The highest BCUT2D eigenvalue weighted by Crippen LogP contribution is 1.85. The van der Waals surface area contributed by atoms with Crippen molar-refractivity contribution < 1.29 is 43.5 Å². The lowest BCUT2D eigenvalue weighted by molar-refractivity contribution is -0.139. The fourth-order valence-corrected chi connectivity index (χ4v) is 1.69. The molecule has 170 valence electrons. The zero-order valence-corrected chi connectivity index (χ0v) is 16.9. The number of hydrogen-bond acceptors (Lipinski definition) is 8. The van der Waals surface area contributed by atoms with E-state index in [9.17, 15) is 14.4 Å². The van der Waals surface area contributed by atoms with Gasteiger partial charge in [0.25, 0.3) is 5.91 Å². The average molecular weight is 430 g/mol. The predicted octanol–water partition coefficient (Wildman–Crippen LogP) is -0.775. The highest BCUT2D eigenvalue weighted by Gasteiger charge is 1.98. The van der Waals surface area contributed by atoms with Crippen LogP contribution in [0.2, 0.25) is 0 Å². The summed E-state index contributed by atoms with van der Waals surface area (Å²) in [5.74, 6) is 2.69. The average Bonchev–Trinajstić information content (AvgIpc) is 2.69. The Kier molecular flexibility index (Phi) is 17.9. The number of carboxylic acids is 2. The number of carbonyl (C=O) groups is 3. The van der Waals surface area contributed by atoms with Crippen LogP contribution in [0.4, 0.5) is 0 Å². The predicted molar refractivity (Wildman–Crippen MR) is 106 cm³/mol. The lowest BCUT2D eigenvalue weighted by Crippen LogP contribution is -2.26. The third-order valence-electron chi connectivity index (χ3n) is 3.11. The number of nitrogens with one attached hydrogen (secondary N) is 2. The van der Waals surface area contributed by atoms with E-state index in [1.165, 1.54) is 0 Å². The van der Waals surface area contributed by atoms with Crippen LogP contribution in [0.15, 0.2) is 12.3 Å². The van der Waals surface area contributed by atoms with Crippen LogP contribution in [0, 0.1) is 11.8 Å². The number of hydrogen-bond donors (Lipinski definition) is 4. The molecule has 30 heavy (non-hydrogen) atoms. The van der Waals surface area contributed by atoms with Gasteiger partial charge in [-0.05, 0) is 5.92 Å². The molecule has 0 fully saturated rings. The first-order valence-corrected chi connectivity index (χ1v) is 9.39. The number of allylic oxidation sites excluding steroid dienone is 1. The van der Waals surface area contributed by atoms with Crippen molar-refractivity contribution in [1.29, 1.82) is 0 Å². The number of aliphatic carboxylic acids is 2. The zero-order valence-electron chi connectivity index (χ0n) is 16.9. The molecule has 0 saturated heterocycles. The first-order valence-electron chi connectivity index (χ1n) is 9.39. The van der Waals surface area contributed by atoms with Crippen molar-refractivity contribution in [3.8, 4) is 11.8 Å². The molecule has 0 heterocycles. The molecule has 0 aliphatic carbocycles. The van der Waals surface area contributed by atoms with Gasteiger partial charge in [-0.15, -0.1) is 0 Å². The van der Waals surface area contributed by atoms with Crippen LogP contribution >= 0.6 is 0 Å². The van der Waals surface area contributed by atoms with E-state index in [0.29, 0.717) is 38.7 Å². The summed E-state index contributed by atoms with van der Waals surface area (Å²) in [6, 6.07) is 0. The Morgan fingerprint density at radius 3 is 1.57 bits per heavy atom. The van der Waals surface area contributed by atoms with Gasteiger partial charge in [0.15, 0.2) is 0 Å². The van der Waals surface area contributed by atoms with E-state index in [4.69, 9.17) is 29.2 Å². The van der Waals surface area contributed by atoms with E-state index < -0.39 is 17.8 Å². The van der Waals surface area contributed by atoms with E-state index in [1.807, 2.05) is 0 Å². The minimum Gasteiger partial charge on any atom is -0.481 e. The highest BCUT2D eigenvalue weighted by molar-refractivity contribution is 5.93. The van der Waals surface area contributed by atoms with Gasteiger partial charge >= 0.3 is 11.9 Å². The van der Waals surface area contributed by atoms with Gasteiger partial charge in [0.05, 0.1) is 71.4 Å². The van der Waals surface area contributed by atoms with Gasteiger partial charge in [-0.25, -0.2) is 0 Å². The Morgan fingerprint density at radius 1 is 0.667 bits per heavy atom. The highest BCUT2D eigenvalue weighted by atomic mass is 16.5. The standard InChI is InChI=1S/C19H30N2O9/c1-16(20-6-10-29-14-12-27-8-4-18(23)24)2-3-17(22)21-7-11-30-15-13-28-9-5-19(25)26/h20H,1,4-15H2,(H,21,22)(H,23,24)(H,25,26). The second-order valence-corrected chi connectivity index (χ2v) is 5.65. The second-order valence-electron chi connectivity index (χ2n) is 5.65. The summed E-state index contributed by atoms with van der Waals surface area (Å²) >= 11 is 0. The molecule has 1 amide bonds. The van der Waals surface area contributed by atoms with E-state index >= 15 is 0 Å². The van der Waals surface area contributed by atoms with Crippen LogP contribution in [0.5, 0.6) is 0 Å². The van der Waals surface area contributed by atoms with Crippen molar-refractivity contribution >= 4 is 17.8 Å². The van der Waals surface area contributed by atoms with Gasteiger partial charge in [0.2, 0.25) is 0 Å². The Hall–Kier alpha value is -2.65. The normalized spacial score (nSPS) is 10.0. The van der Waals surface area contributed by atoms with Gasteiger partial charge in [-0.1, -0.05) is 6.58 Å². The smallest absolute Gasteiger partial charge is 0.305 e. The van der Waals surface area contributed by atoms with Gasteiger partial charge in [0, 0.05) is 19.0 Å². The van der Waals surface area contributed by atoms with Gasteiger partial charge < -0.3 is 39.8 Å². The molecule has 0 aliphatic heterocycles. The second kappa shape index (κ2) is 19.7. The summed E-state index contributed by atoms with van der Waals surface area (Å²) in [5.41, 5.74) is 0.376. The van der Waals surface area contributed by atoms with E-state index in [0.717, 1.165) is 0 Å². The number of carboxylic acid groups (broad SMARTS) is 2. The van der Waals surface area contributed by atoms with E-state index in [2.05, 4.69) is 29.1 Å². The Morgan fingerprint density at radius 2 is 1.10 bits per heavy atom. The molecule has 11 nitrogen and oxygen atoms in total. The molecule has 0 rings (SSSR count). The van der Waals surface area contributed by atoms with Crippen molar-refractivity contribution in [2.45, 2.75) is 12.8 Å². The molecule has 0 bridgehead atoms. The van der Waals surface area contributed by atoms with Crippen molar-refractivity contribution in [3.63, 3.8) is 0 Å². The maximum Gasteiger partial charge on any atom is 0.305 e. The van der Waals surface area contributed by atoms with Gasteiger partial charge in [-0.2, -0.15) is 0 Å². The number of amides is 1. The van der Waals surface area contributed by atoms with Gasteiger partial charge in [-0.3, -0.25) is 14.4 Å². The molecule has 0 spiro atoms. The minimum atomic E-state index is -0.914. The molecule has 0 saturated carbocycles. The topological polar surface area (TPSA) is 153 Å². The Labute approximate surface area is 175 Å². The summed E-state index contributed by atoms with van der Waals surface area (Å²) < 4.78 is 20.6.